The van der Waals surface area contributed by atoms with Crippen LogP contribution in [-0.4, -0.2) is 5.91 Å². The average Bonchev–Trinajstić information content (AvgIpc) is 3.03. The lowest BCUT2D eigenvalue weighted by molar-refractivity contribution is 0.0865. The SMILES string of the molecule is O=C(NC1(c2ccccc2)CCCCC1)c1ccoc1. The summed E-state index contributed by atoms with van der Waals surface area (Å²) in [6, 6.07) is 12.0. The van der Waals surface area contributed by atoms with Crippen molar-refractivity contribution in [3.63, 3.8) is 0 Å². The Bertz CT molecular complexity index is 554. The number of carbonyl (C=O) groups excluding carboxylic acids is 1. The molecule has 1 aliphatic carbocycles. The van der Waals surface area contributed by atoms with Gasteiger partial charge in [0, 0.05) is 0 Å². The number of carbonyl (C=O) groups is 1. The maximum atomic E-state index is 12.4. The lowest BCUT2D eigenvalue weighted by atomic mass is 9.76. The topological polar surface area (TPSA) is 42.2 Å². The Labute approximate surface area is 119 Å². The Balaban J connectivity index is 1.88. The van der Waals surface area contributed by atoms with Crippen molar-refractivity contribution in [1.82, 2.24) is 5.32 Å². The Kier molecular flexibility index (Phi) is 3.59. The Hall–Kier alpha value is -2.03. The summed E-state index contributed by atoms with van der Waals surface area (Å²) in [4.78, 5) is 12.4. The minimum Gasteiger partial charge on any atom is -0.472 e. The van der Waals surface area contributed by atoms with E-state index in [-0.39, 0.29) is 11.4 Å². The highest BCUT2D eigenvalue weighted by Crippen LogP contribution is 2.37. The predicted octanol–water partition coefficient (Wildman–Crippen LogP) is 3.87. The quantitative estimate of drug-likeness (QED) is 0.919. The van der Waals surface area contributed by atoms with E-state index in [0.29, 0.717) is 5.56 Å². The largest absolute Gasteiger partial charge is 0.472 e. The third-order valence-corrected chi connectivity index (χ3v) is 4.17. The molecule has 3 heteroatoms. The first kappa shape index (κ1) is 13.0. The summed E-state index contributed by atoms with van der Waals surface area (Å²) < 4.78 is 5.00. The van der Waals surface area contributed by atoms with Crippen molar-refractivity contribution in [1.29, 1.82) is 0 Å². The molecular weight excluding hydrogens is 250 g/mol. The summed E-state index contributed by atoms with van der Waals surface area (Å²) in [7, 11) is 0. The van der Waals surface area contributed by atoms with Crippen molar-refractivity contribution in [2.75, 3.05) is 0 Å². The minimum absolute atomic E-state index is 0.0514. The van der Waals surface area contributed by atoms with Gasteiger partial charge in [-0.3, -0.25) is 4.79 Å². The molecule has 2 aromatic rings. The lowest BCUT2D eigenvalue weighted by Gasteiger charge is -2.38. The van der Waals surface area contributed by atoms with Gasteiger partial charge in [-0.25, -0.2) is 0 Å². The van der Waals surface area contributed by atoms with Crippen molar-refractivity contribution in [2.24, 2.45) is 0 Å². The van der Waals surface area contributed by atoms with Crippen LogP contribution in [0.1, 0.15) is 48.0 Å². The van der Waals surface area contributed by atoms with E-state index in [4.69, 9.17) is 4.42 Å². The highest BCUT2D eigenvalue weighted by Gasteiger charge is 2.35. The molecule has 1 aliphatic rings. The van der Waals surface area contributed by atoms with Gasteiger partial charge in [-0.15, -0.1) is 0 Å². The molecule has 1 N–H and O–H groups in total. The fraction of sp³-hybridized carbons (Fsp3) is 0.353. The fourth-order valence-corrected chi connectivity index (χ4v) is 3.08. The van der Waals surface area contributed by atoms with Crippen LogP contribution in [0.3, 0.4) is 0 Å². The van der Waals surface area contributed by atoms with Gasteiger partial charge in [0.2, 0.25) is 0 Å². The van der Waals surface area contributed by atoms with Crippen LogP contribution in [0.2, 0.25) is 0 Å². The molecule has 1 fully saturated rings. The molecule has 0 saturated heterocycles. The van der Waals surface area contributed by atoms with Crippen molar-refractivity contribution in [3.8, 4) is 0 Å². The molecule has 1 aromatic heterocycles. The monoisotopic (exact) mass is 269 g/mol. The molecule has 0 spiro atoms. The molecule has 0 aliphatic heterocycles. The zero-order valence-corrected chi connectivity index (χ0v) is 11.5. The predicted molar refractivity (Wildman–Crippen MR) is 77.4 cm³/mol. The smallest absolute Gasteiger partial charge is 0.255 e. The summed E-state index contributed by atoms with van der Waals surface area (Å²) in [6.07, 6.45) is 8.58. The second kappa shape index (κ2) is 5.53. The molecule has 0 unspecified atom stereocenters. The van der Waals surface area contributed by atoms with Crippen molar-refractivity contribution < 1.29 is 9.21 Å². The van der Waals surface area contributed by atoms with Crippen LogP contribution in [0.25, 0.3) is 0 Å². The molecule has 3 rings (SSSR count). The van der Waals surface area contributed by atoms with Gasteiger partial charge in [0.1, 0.15) is 6.26 Å². The van der Waals surface area contributed by atoms with Crippen molar-refractivity contribution in [2.45, 2.75) is 37.6 Å². The third kappa shape index (κ3) is 2.48. The number of rotatable bonds is 3. The van der Waals surface area contributed by atoms with Crippen LogP contribution in [0.5, 0.6) is 0 Å². The molecule has 1 saturated carbocycles. The van der Waals surface area contributed by atoms with E-state index in [1.807, 2.05) is 18.2 Å². The summed E-state index contributed by atoms with van der Waals surface area (Å²) in [5.41, 5.74) is 1.57. The zero-order chi connectivity index (χ0) is 13.8. The fourth-order valence-electron chi connectivity index (χ4n) is 3.08. The summed E-state index contributed by atoms with van der Waals surface area (Å²) in [6.45, 7) is 0. The lowest BCUT2D eigenvalue weighted by Crippen LogP contribution is -2.47. The molecule has 0 bridgehead atoms. The molecule has 0 atom stereocenters. The minimum atomic E-state index is -0.228. The number of benzene rings is 1. The molecule has 1 aromatic carbocycles. The number of hydrogen-bond donors (Lipinski definition) is 1. The van der Waals surface area contributed by atoms with Crippen LogP contribution in [-0.2, 0) is 5.54 Å². The van der Waals surface area contributed by atoms with E-state index in [1.54, 1.807) is 6.07 Å². The average molecular weight is 269 g/mol. The summed E-state index contributed by atoms with van der Waals surface area (Å²) in [5, 5.41) is 3.25. The Morgan fingerprint density at radius 3 is 2.45 bits per heavy atom. The van der Waals surface area contributed by atoms with Crippen LogP contribution < -0.4 is 5.32 Å². The number of hydrogen-bond acceptors (Lipinski definition) is 2. The van der Waals surface area contributed by atoms with E-state index in [0.717, 1.165) is 25.7 Å². The molecule has 1 heterocycles. The summed E-state index contributed by atoms with van der Waals surface area (Å²) in [5.74, 6) is -0.0514. The van der Waals surface area contributed by atoms with Gasteiger partial charge in [0.15, 0.2) is 0 Å². The van der Waals surface area contributed by atoms with E-state index in [9.17, 15) is 4.79 Å². The normalized spacial score (nSPS) is 17.6. The molecule has 3 nitrogen and oxygen atoms in total. The van der Waals surface area contributed by atoms with Crippen LogP contribution >= 0.6 is 0 Å². The highest BCUT2D eigenvalue weighted by atomic mass is 16.3. The van der Waals surface area contributed by atoms with Gasteiger partial charge in [-0.05, 0) is 24.5 Å². The van der Waals surface area contributed by atoms with Crippen LogP contribution in [0.4, 0.5) is 0 Å². The first-order chi connectivity index (χ1) is 9.80. The zero-order valence-electron chi connectivity index (χ0n) is 11.5. The van der Waals surface area contributed by atoms with E-state index in [2.05, 4.69) is 17.4 Å². The van der Waals surface area contributed by atoms with Gasteiger partial charge in [-0.2, -0.15) is 0 Å². The van der Waals surface area contributed by atoms with Crippen LogP contribution in [0, 0.1) is 0 Å². The molecule has 104 valence electrons. The van der Waals surface area contributed by atoms with Crippen LogP contribution in [0.15, 0.2) is 53.3 Å². The maximum absolute atomic E-state index is 12.4. The van der Waals surface area contributed by atoms with Gasteiger partial charge < -0.3 is 9.73 Å². The molecule has 20 heavy (non-hydrogen) atoms. The molecular formula is C17H19NO2. The van der Waals surface area contributed by atoms with Gasteiger partial charge in [-0.1, -0.05) is 49.6 Å². The maximum Gasteiger partial charge on any atom is 0.255 e. The second-order valence-electron chi connectivity index (χ2n) is 5.47. The number of nitrogens with one attached hydrogen (secondary N) is 1. The van der Waals surface area contributed by atoms with E-state index in [1.165, 1.54) is 24.5 Å². The van der Waals surface area contributed by atoms with Gasteiger partial charge in [0.25, 0.3) is 5.91 Å². The highest BCUT2D eigenvalue weighted by molar-refractivity contribution is 5.94. The van der Waals surface area contributed by atoms with Gasteiger partial charge >= 0.3 is 0 Å². The first-order valence-electron chi connectivity index (χ1n) is 7.20. The standard InChI is InChI=1S/C17H19NO2/c19-16(14-9-12-20-13-14)18-17(10-5-2-6-11-17)15-7-3-1-4-8-15/h1,3-4,7-9,12-13H,2,5-6,10-11H2,(H,18,19). The summed E-state index contributed by atoms with van der Waals surface area (Å²) >= 11 is 0. The van der Waals surface area contributed by atoms with Crippen molar-refractivity contribution in [3.05, 3.63) is 60.1 Å². The van der Waals surface area contributed by atoms with E-state index >= 15 is 0 Å². The Morgan fingerprint density at radius 2 is 1.80 bits per heavy atom. The second-order valence-corrected chi connectivity index (χ2v) is 5.47. The number of amides is 1. The van der Waals surface area contributed by atoms with E-state index < -0.39 is 0 Å². The first-order valence-corrected chi connectivity index (χ1v) is 7.20. The molecule has 0 radical (unpaired) electrons. The number of furan rings is 1. The Morgan fingerprint density at radius 1 is 1.05 bits per heavy atom. The van der Waals surface area contributed by atoms with Crippen molar-refractivity contribution >= 4 is 5.91 Å². The van der Waals surface area contributed by atoms with Gasteiger partial charge in [0.05, 0.1) is 17.4 Å². The molecule has 1 amide bonds. The third-order valence-electron chi connectivity index (χ3n) is 4.17.